The van der Waals surface area contributed by atoms with Crippen LogP contribution in [0.1, 0.15) is 44.1 Å². The lowest BCUT2D eigenvalue weighted by Crippen LogP contribution is -2.51. The Kier molecular flexibility index (Phi) is 4.92. The summed E-state index contributed by atoms with van der Waals surface area (Å²) in [4.78, 5) is 36.9. The Hall–Kier alpha value is -2.57. The molecule has 2 N–H and O–H groups in total. The van der Waals surface area contributed by atoms with Crippen molar-refractivity contribution in [2.75, 3.05) is 7.11 Å². The first-order valence-corrected chi connectivity index (χ1v) is 8.64. The van der Waals surface area contributed by atoms with Crippen molar-refractivity contribution in [3.05, 3.63) is 29.8 Å². The van der Waals surface area contributed by atoms with Gasteiger partial charge in [-0.3, -0.25) is 15.0 Å². The van der Waals surface area contributed by atoms with E-state index in [1.54, 1.807) is 7.11 Å². The number of nitrogens with zero attached hydrogens (tertiary/aromatic N) is 1. The predicted octanol–water partition coefficient (Wildman–Crippen LogP) is 1.91. The minimum absolute atomic E-state index is 0.157. The maximum Gasteiger partial charge on any atom is 0.344 e. The molecule has 0 radical (unpaired) electrons. The number of rotatable bonds is 5. The van der Waals surface area contributed by atoms with Crippen molar-refractivity contribution in [2.24, 2.45) is 0 Å². The summed E-state index contributed by atoms with van der Waals surface area (Å²) in [7, 11) is 1.58. The fourth-order valence-corrected chi connectivity index (χ4v) is 3.55. The van der Waals surface area contributed by atoms with Crippen molar-refractivity contribution >= 4 is 17.8 Å². The van der Waals surface area contributed by atoms with Crippen LogP contribution in [0, 0.1) is 0 Å². The van der Waals surface area contributed by atoms with Crippen molar-refractivity contribution < 1.29 is 19.1 Å². The summed E-state index contributed by atoms with van der Waals surface area (Å²) in [5.41, 5.74) is 2.53. The first kappa shape index (κ1) is 17.3. The van der Waals surface area contributed by atoms with Crippen LogP contribution in [-0.4, -0.2) is 35.5 Å². The molecule has 0 aromatic heterocycles. The number of amides is 4. The second-order valence-corrected chi connectivity index (χ2v) is 6.56. The molecule has 2 aliphatic rings. The average molecular weight is 345 g/mol. The normalized spacial score (nSPS) is 19.0. The maximum absolute atomic E-state index is 12.6. The first-order valence-electron chi connectivity index (χ1n) is 8.64. The van der Waals surface area contributed by atoms with E-state index >= 15 is 0 Å². The van der Waals surface area contributed by atoms with Crippen LogP contribution in [0.5, 0.6) is 5.75 Å². The van der Waals surface area contributed by atoms with Crippen molar-refractivity contribution in [1.82, 2.24) is 15.8 Å². The van der Waals surface area contributed by atoms with Crippen LogP contribution in [0.15, 0.2) is 24.3 Å². The molecule has 1 spiro atoms. The Morgan fingerprint density at radius 3 is 2.68 bits per heavy atom. The van der Waals surface area contributed by atoms with Crippen molar-refractivity contribution in [3.8, 4) is 5.75 Å². The molecule has 0 unspecified atom stereocenters. The Labute approximate surface area is 146 Å². The number of carbonyl (C=O) groups is 3. The molecule has 1 saturated carbocycles. The van der Waals surface area contributed by atoms with Gasteiger partial charge in [0, 0.05) is 6.42 Å². The third-order valence-corrected chi connectivity index (χ3v) is 4.92. The molecular formula is C18H23N3O4. The average Bonchev–Trinajstić information content (AvgIpc) is 2.85. The first-order chi connectivity index (χ1) is 12.1. The lowest BCUT2D eigenvalue weighted by atomic mass is 9.82. The van der Waals surface area contributed by atoms with Crippen molar-refractivity contribution in [2.45, 2.75) is 50.5 Å². The van der Waals surface area contributed by atoms with Crippen LogP contribution >= 0.6 is 0 Å². The minimum Gasteiger partial charge on any atom is -0.496 e. The highest BCUT2D eigenvalue weighted by molar-refractivity contribution is 6.08. The number of aryl methyl sites for hydroxylation is 1. The van der Waals surface area contributed by atoms with Gasteiger partial charge in [-0.25, -0.2) is 4.79 Å². The summed E-state index contributed by atoms with van der Waals surface area (Å²) >= 11 is 0. The summed E-state index contributed by atoms with van der Waals surface area (Å²) < 4.78 is 5.26. The highest BCUT2D eigenvalue weighted by Gasteiger charge is 2.52. The van der Waals surface area contributed by atoms with Gasteiger partial charge < -0.3 is 10.1 Å². The van der Waals surface area contributed by atoms with E-state index in [9.17, 15) is 14.4 Å². The summed E-state index contributed by atoms with van der Waals surface area (Å²) in [6.07, 6.45) is 4.75. The molecule has 25 heavy (non-hydrogen) atoms. The van der Waals surface area contributed by atoms with E-state index in [-0.39, 0.29) is 18.2 Å². The molecule has 3 rings (SSSR count). The van der Waals surface area contributed by atoms with E-state index in [1.165, 1.54) is 0 Å². The molecular weight excluding hydrogens is 322 g/mol. The van der Waals surface area contributed by atoms with Gasteiger partial charge in [-0.05, 0) is 30.9 Å². The number of para-hydroxylation sites is 1. The maximum atomic E-state index is 12.6. The van der Waals surface area contributed by atoms with Gasteiger partial charge in [0.15, 0.2) is 0 Å². The number of hydrogen-bond donors (Lipinski definition) is 2. The van der Waals surface area contributed by atoms with E-state index in [4.69, 9.17) is 4.74 Å². The fraction of sp³-hybridized carbons (Fsp3) is 0.500. The lowest BCUT2D eigenvalue weighted by molar-refractivity contribution is -0.139. The largest absolute Gasteiger partial charge is 0.496 e. The van der Waals surface area contributed by atoms with Crippen LogP contribution in [-0.2, 0) is 16.0 Å². The second-order valence-electron chi connectivity index (χ2n) is 6.56. The van der Waals surface area contributed by atoms with Gasteiger partial charge in [-0.15, -0.1) is 0 Å². The molecule has 7 nitrogen and oxygen atoms in total. The van der Waals surface area contributed by atoms with Gasteiger partial charge in [0.1, 0.15) is 11.3 Å². The van der Waals surface area contributed by atoms with E-state index in [2.05, 4.69) is 10.7 Å². The van der Waals surface area contributed by atoms with Crippen molar-refractivity contribution in [3.63, 3.8) is 0 Å². The highest BCUT2D eigenvalue weighted by atomic mass is 16.5. The topological polar surface area (TPSA) is 87.7 Å². The number of imide groups is 1. The fourth-order valence-electron chi connectivity index (χ4n) is 3.55. The number of hydrogen-bond acceptors (Lipinski definition) is 4. The third-order valence-electron chi connectivity index (χ3n) is 4.92. The molecule has 1 heterocycles. The zero-order valence-electron chi connectivity index (χ0n) is 14.3. The van der Waals surface area contributed by atoms with Gasteiger partial charge >= 0.3 is 6.03 Å². The van der Waals surface area contributed by atoms with Crippen LogP contribution < -0.4 is 15.5 Å². The van der Waals surface area contributed by atoms with Gasteiger partial charge in [-0.2, -0.15) is 5.01 Å². The molecule has 1 aliphatic heterocycles. The SMILES string of the molecule is COc1ccccc1CCC(=O)NN1C(=O)NC2(CCCCC2)C1=O. The standard InChI is InChI=1S/C18H23N3O4/c1-25-14-8-4-3-7-13(14)9-10-15(22)20-21-16(23)18(19-17(21)24)11-5-2-6-12-18/h3-4,7-8H,2,5-6,9-12H2,1H3,(H,19,24)(H,20,22). The number of hydrazine groups is 1. The monoisotopic (exact) mass is 345 g/mol. The Balaban J connectivity index is 1.59. The van der Waals surface area contributed by atoms with Crippen LogP contribution in [0.4, 0.5) is 4.79 Å². The molecule has 4 amide bonds. The lowest BCUT2D eigenvalue weighted by Gasteiger charge is -2.30. The van der Waals surface area contributed by atoms with E-state index in [1.807, 2.05) is 24.3 Å². The zero-order chi connectivity index (χ0) is 17.9. The predicted molar refractivity (Wildman–Crippen MR) is 90.7 cm³/mol. The van der Waals surface area contributed by atoms with E-state index in [0.717, 1.165) is 29.8 Å². The number of methoxy groups -OCH3 is 1. The molecule has 0 bridgehead atoms. The highest BCUT2D eigenvalue weighted by Crippen LogP contribution is 2.33. The van der Waals surface area contributed by atoms with Crippen LogP contribution in [0.3, 0.4) is 0 Å². The smallest absolute Gasteiger partial charge is 0.344 e. The number of ether oxygens (including phenoxy) is 1. The Bertz CT molecular complexity index is 683. The van der Waals surface area contributed by atoms with E-state index < -0.39 is 11.6 Å². The number of urea groups is 1. The Morgan fingerprint density at radius 2 is 1.96 bits per heavy atom. The van der Waals surface area contributed by atoms with Gasteiger partial charge in [-0.1, -0.05) is 37.5 Å². The van der Waals surface area contributed by atoms with Crippen molar-refractivity contribution in [1.29, 1.82) is 0 Å². The number of carbonyl (C=O) groups excluding carboxylic acids is 3. The number of nitrogens with one attached hydrogen (secondary N) is 2. The molecule has 1 aromatic carbocycles. The summed E-state index contributed by atoms with van der Waals surface area (Å²) in [5, 5.41) is 3.61. The van der Waals surface area contributed by atoms with Crippen LogP contribution in [0.25, 0.3) is 0 Å². The Morgan fingerprint density at radius 1 is 1.24 bits per heavy atom. The molecule has 2 fully saturated rings. The van der Waals surface area contributed by atoms with Gasteiger partial charge in [0.05, 0.1) is 7.11 Å². The summed E-state index contributed by atoms with van der Waals surface area (Å²) in [5.74, 6) is -0.00319. The molecule has 1 saturated heterocycles. The van der Waals surface area contributed by atoms with Crippen LogP contribution in [0.2, 0.25) is 0 Å². The summed E-state index contributed by atoms with van der Waals surface area (Å²) in [6.45, 7) is 0. The zero-order valence-corrected chi connectivity index (χ0v) is 14.3. The van der Waals surface area contributed by atoms with Gasteiger partial charge in [0.25, 0.3) is 5.91 Å². The van der Waals surface area contributed by atoms with E-state index in [0.29, 0.717) is 25.0 Å². The molecule has 1 aliphatic carbocycles. The molecule has 1 aromatic rings. The second kappa shape index (κ2) is 7.13. The summed E-state index contributed by atoms with van der Waals surface area (Å²) in [6, 6.07) is 6.91. The molecule has 134 valence electrons. The molecule has 0 atom stereocenters. The number of benzene rings is 1. The quantitative estimate of drug-likeness (QED) is 0.798. The van der Waals surface area contributed by atoms with Gasteiger partial charge in [0.2, 0.25) is 5.91 Å². The minimum atomic E-state index is -0.828. The molecule has 7 heteroatoms. The third kappa shape index (κ3) is 3.45.